The largest absolute Gasteiger partial charge is 0.478 e. The number of para-hydroxylation sites is 1. The first-order chi connectivity index (χ1) is 12.5. The number of carbonyl (C=O) groups is 2. The van der Waals surface area contributed by atoms with Crippen molar-refractivity contribution in [1.29, 1.82) is 0 Å². The molecule has 4 rings (SSSR count). The number of thiophene rings is 1. The van der Waals surface area contributed by atoms with E-state index in [2.05, 4.69) is 5.32 Å². The second-order valence-electron chi connectivity index (χ2n) is 6.19. The minimum absolute atomic E-state index is 0.134. The molecule has 1 aromatic carbocycles. The van der Waals surface area contributed by atoms with Gasteiger partial charge in [0, 0.05) is 4.88 Å². The number of carboxylic acid groups (broad SMARTS) is 1. The van der Waals surface area contributed by atoms with Crippen LogP contribution in [-0.2, 0) is 24.2 Å². The molecule has 0 saturated carbocycles. The van der Waals surface area contributed by atoms with Crippen LogP contribution in [0.3, 0.4) is 0 Å². The number of thiazole rings is 1. The number of anilines is 1. The maximum Gasteiger partial charge on any atom is 0.339 e. The number of amides is 1. The Morgan fingerprint density at radius 1 is 1.15 bits per heavy atom. The zero-order chi connectivity index (χ0) is 18.3. The molecule has 6 nitrogen and oxygen atoms in total. The third-order valence-electron chi connectivity index (χ3n) is 4.51. The van der Waals surface area contributed by atoms with Gasteiger partial charge in [0.2, 0.25) is 5.91 Å². The number of benzene rings is 1. The predicted molar refractivity (Wildman–Crippen MR) is 103 cm³/mol. The molecule has 1 aliphatic carbocycles. The fraction of sp³-hybridized carbons (Fsp3) is 0.278. The van der Waals surface area contributed by atoms with Crippen LogP contribution < -0.4 is 10.2 Å². The van der Waals surface area contributed by atoms with E-state index < -0.39 is 11.9 Å². The molecule has 1 aliphatic rings. The summed E-state index contributed by atoms with van der Waals surface area (Å²) in [4.78, 5) is 37.2. The van der Waals surface area contributed by atoms with Crippen LogP contribution in [-0.4, -0.2) is 21.6 Å². The van der Waals surface area contributed by atoms with Crippen LogP contribution in [0.15, 0.2) is 29.1 Å². The molecule has 3 aromatic rings. The van der Waals surface area contributed by atoms with Gasteiger partial charge in [-0.1, -0.05) is 23.5 Å². The van der Waals surface area contributed by atoms with Crippen molar-refractivity contribution in [2.75, 3.05) is 5.32 Å². The number of aryl methyl sites for hydroxylation is 1. The molecule has 0 atom stereocenters. The SMILES string of the molecule is O=C(Cn1c(=O)sc2ccccc21)Nc1sc2c(c1C(=O)O)CCCC2. The van der Waals surface area contributed by atoms with E-state index >= 15 is 0 Å². The Labute approximate surface area is 156 Å². The summed E-state index contributed by atoms with van der Waals surface area (Å²) in [7, 11) is 0. The summed E-state index contributed by atoms with van der Waals surface area (Å²) in [6.07, 6.45) is 3.59. The van der Waals surface area contributed by atoms with Gasteiger partial charge in [-0.15, -0.1) is 11.3 Å². The monoisotopic (exact) mass is 388 g/mol. The van der Waals surface area contributed by atoms with E-state index in [-0.39, 0.29) is 17.0 Å². The molecule has 134 valence electrons. The summed E-state index contributed by atoms with van der Waals surface area (Å²) in [5.74, 6) is -1.41. The molecule has 0 fully saturated rings. The third-order valence-corrected chi connectivity index (χ3v) is 6.68. The summed E-state index contributed by atoms with van der Waals surface area (Å²) in [6.45, 7) is -0.134. The number of nitrogens with zero attached hydrogens (tertiary/aromatic N) is 1. The fourth-order valence-corrected chi connectivity index (χ4v) is 5.54. The molecule has 2 heterocycles. The van der Waals surface area contributed by atoms with Gasteiger partial charge in [-0.2, -0.15) is 0 Å². The van der Waals surface area contributed by atoms with Crippen molar-refractivity contribution in [3.05, 3.63) is 49.9 Å². The van der Waals surface area contributed by atoms with Crippen LogP contribution in [0.1, 0.15) is 33.6 Å². The highest BCUT2D eigenvalue weighted by Crippen LogP contribution is 2.38. The van der Waals surface area contributed by atoms with Crippen molar-refractivity contribution in [2.45, 2.75) is 32.2 Å². The van der Waals surface area contributed by atoms with Gasteiger partial charge in [0.25, 0.3) is 0 Å². The molecule has 0 radical (unpaired) electrons. The molecule has 0 aliphatic heterocycles. The molecular weight excluding hydrogens is 372 g/mol. The normalized spacial score (nSPS) is 13.5. The summed E-state index contributed by atoms with van der Waals surface area (Å²) in [5.41, 5.74) is 1.77. The van der Waals surface area contributed by atoms with Crippen LogP contribution >= 0.6 is 22.7 Å². The summed E-state index contributed by atoms with van der Waals surface area (Å²) >= 11 is 2.43. The quantitative estimate of drug-likeness (QED) is 0.717. The van der Waals surface area contributed by atoms with Crippen molar-refractivity contribution in [3.8, 4) is 0 Å². The molecule has 0 bridgehead atoms. The number of fused-ring (bicyclic) bond motifs is 2. The average molecular weight is 388 g/mol. The second-order valence-corrected chi connectivity index (χ2v) is 8.29. The number of hydrogen-bond acceptors (Lipinski definition) is 5. The number of rotatable bonds is 4. The van der Waals surface area contributed by atoms with Crippen molar-refractivity contribution in [2.24, 2.45) is 0 Å². The maximum absolute atomic E-state index is 12.5. The standard InChI is InChI=1S/C18H16N2O4S2/c21-14(9-20-11-6-2-4-8-13(11)26-18(20)24)19-16-15(17(22)23)10-5-1-3-7-12(10)25-16/h2,4,6,8H,1,3,5,7,9H2,(H,19,21)(H,22,23). The summed E-state index contributed by atoms with van der Waals surface area (Å²) in [5, 5.41) is 12.7. The Hall–Kier alpha value is -2.45. The van der Waals surface area contributed by atoms with Gasteiger partial charge in [0.1, 0.15) is 11.5 Å². The Balaban J connectivity index is 1.63. The van der Waals surface area contributed by atoms with Crippen molar-refractivity contribution in [1.82, 2.24) is 4.57 Å². The minimum atomic E-state index is -1.02. The van der Waals surface area contributed by atoms with E-state index in [9.17, 15) is 19.5 Å². The molecule has 0 spiro atoms. The summed E-state index contributed by atoms with van der Waals surface area (Å²) in [6, 6.07) is 7.30. The molecule has 8 heteroatoms. The Kier molecular flexibility index (Phi) is 4.37. The van der Waals surface area contributed by atoms with E-state index in [1.165, 1.54) is 15.9 Å². The maximum atomic E-state index is 12.5. The van der Waals surface area contributed by atoms with E-state index in [0.29, 0.717) is 10.5 Å². The van der Waals surface area contributed by atoms with Crippen LogP contribution in [0.4, 0.5) is 5.00 Å². The lowest BCUT2D eigenvalue weighted by molar-refractivity contribution is -0.116. The van der Waals surface area contributed by atoms with Crippen LogP contribution in [0.5, 0.6) is 0 Å². The zero-order valence-electron chi connectivity index (χ0n) is 13.8. The van der Waals surface area contributed by atoms with Gasteiger partial charge < -0.3 is 10.4 Å². The molecule has 2 aromatic heterocycles. The smallest absolute Gasteiger partial charge is 0.339 e. The molecular formula is C18H16N2O4S2. The van der Waals surface area contributed by atoms with Gasteiger partial charge >= 0.3 is 10.8 Å². The lowest BCUT2D eigenvalue weighted by atomic mass is 9.95. The molecule has 26 heavy (non-hydrogen) atoms. The number of hydrogen-bond donors (Lipinski definition) is 2. The van der Waals surface area contributed by atoms with E-state index in [4.69, 9.17) is 0 Å². The highest BCUT2D eigenvalue weighted by Gasteiger charge is 2.26. The highest BCUT2D eigenvalue weighted by molar-refractivity contribution is 7.17. The van der Waals surface area contributed by atoms with E-state index in [1.807, 2.05) is 18.2 Å². The van der Waals surface area contributed by atoms with E-state index in [0.717, 1.165) is 52.2 Å². The first-order valence-corrected chi connectivity index (χ1v) is 9.94. The Morgan fingerprint density at radius 2 is 1.92 bits per heavy atom. The Bertz CT molecular complexity index is 1080. The van der Waals surface area contributed by atoms with Crippen molar-refractivity contribution in [3.63, 3.8) is 0 Å². The Morgan fingerprint density at radius 3 is 2.73 bits per heavy atom. The number of carbonyl (C=O) groups excluding carboxylic acids is 1. The number of aromatic carboxylic acids is 1. The fourth-order valence-electron chi connectivity index (χ4n) is 3.35. The van der Waals surface area contributed by atoms with Crippen LogP contribution in [0, 0.1) is 0 Å². The lowest BCUT2D eigenvalue weighted by Gasteiger charge is -2.10. The first kappa shape index (κ1) is 17.0. The molecule has 2 N–H and O–H groups in total. The number of carboxylic acids is 1. The number of nitrogens with one attached hydrogen (secondary N) is 1. The highest BCUT2D eigenvalue weighted by atomic mass is 32.1. The van der Waals surface area contributed by atoms with Crippen LogP contribution in [0.25, 0.3) is 10.2 Å². The molecule has 0 unspecified atom stereocenters. The zero-order valence-corrected chi connectivity index (χ0v) is 15.4. The molecule has 1 amide bonds. The topological polar surface area (TPSA) is 88.4 Å². The average Bonchev–Trinajstić information content (AvgIpc) is 3.12. The predicted octanol–water partition coefficient (Wildman–Crippen LogP) is 3.34. The van der Waals surface area contributed by atoms with Gasteiger partial charge in [0.05, 0.1) is 15.8 Å². The minimum Gasteiger partial charge on any atom is -0.478 e. The summed E-state index contributed by atoms with van der Waals surface area (Å²) < 4.78 is 2.24. The van der Waals surface area contributed by atoms with Crippen molar-refractivity contribution < 1.29 is 14.7 Å². The third kappa shape index (κ3) is 2.95. The van der Waals surface area contributed by atoms with Crippen LogP contribution in [0.2, 0.25) is 0 Å². The first-order valence-electron chi connectivity index (χ1n) is 8.30. The van der Waals surface area contributed by atoms with E-state index in [1.54, 1.807) is 6.07 Å². The second kappa shape index (κ2) is 6.69. The number of aromatic nitrogens is 1. The van der Waals surface area contributed by atoms with Crippen molar-refractivity contribution >= 4 is 49.8 Å². The van der Waals surface area contributed by atoms with Gasteiger partial charge in [-0.3, -0.25) is 14.2 Å². The van der Waals surface area contributed by atoms with Gasteiger partial charge in [-0.25, -0.2) is 4.79 Å². The lowest BCUT2D eigenvalue weighted by Crippen LogP contribution is -2.24. The van der Waals surface area contributed by atoms with Gasteiger partial charge in [-0.05, 0) is 43.4 Å². The van der Waals surface area contributed by atoms with Gasteiger partial charge in [0.15, 0.2) is 0 Å². The molecule has 0 saturated heterocycles.